The minimum Gasteiger partial charge on any atom is -0.508 e. The lowest BCUT2D eigenvalue weighted by Crippen LogP contribution is -1.85. The zero-order valence-corrected chi connectivity index (χ0v) is 9.17. The average molecular weight is 221 g/mol. The Morgan fingerprint density at radius 3 is 2.53 bits per heavy atom. The number of aromatic nitrogens is 1. The number of benzene rings is 2. The molecule has 0 fully saturated rings. The van der Waals surface area contributed by atoms with Crippen molar-refractivity contribution >= 4 is 10.8 Å². The maximum atomic E-state index is 9.57. The van der Waals surface area contributed by atoms with Crippen molar-refractivity contribution in [2.24, 2.45) is 0 Å². The number of aromatic hydroxyl groups is 1. The quantitative estimate of drug-likeness (QED) is 0.681. The molecular weight excluding hydrogens is 210 g/mol. The maximum absolute atomic E-state index is 9.57. The van der Waals surface area contributed by atoms with E-state index in [2.05, 4.69) is 4.98 Å². The first-order chi connectivity index (χ1) is 8.34. The largest absolute Gasteiger partial charge is 0.508 e. The van der Waals surface area contributed by atoms with E-state index >= 15 is 0 Å². The second kappa shape index (κ2) is 3.91. The number of rotatable bonds is 1. The first-order valence-electron chi connectivity index (χ1n) is 5.48. The topological polar surface area (TPSA) is 33.1 Å². The summed E-state index contributed by atoms with van der Waals surface area (Å²) >= 11 is 0. The van der Waals surface area contributed by atoms with E-state index in [9.17, 15) is 5.11 Å². The van der Waals surface area contributed by atoms with Crippen LogP contribution in [0.15, 0.2) is 60.8 Å². The highest BCUT2D eigenvalue weighted by Gasteiger charge is 2.05. The zero-order valence-electron chi connectivity index (χ0n) is 9.17. The average Bonchev–Trinajstić information content (AvgIpc) is 2.39. The van der Waals surface area contributed by atoms with Gasteiger partial charge >= 0.3 is 0 Å². The van der Waals surface area contributed by atoms with Crippen LogP contribution in [0.3, 0.4) is 0 Å². The second-order valence-electron chi connectivity index (χ2n) is 3.93. The molecule has 2 nitrogen and oxygen atoms in total. The molecule has 0 aliphatic heterocycles. The summed E-state index contributed by atoms with van der Waals surface area (Å²) in [6.45, 7) is 0. The predicted molar refractivity (Wildman–Crippen MR) is 68.8 cm³/mol. The van der Waals surface area contributed by atoms with Crippen molar-refractivity contribution < 1.29 is 5.11 Å². The van der Waals surface area contributed by atoms with E-state index in [-0.39, 0.29) is 5.75 Å². The third kappa shape index (κ3) is 1.74. The smallest absolute Gasteiger partial charge is 0.116 e. The van der Waals surface area contributed by atoms with Gasteiger partial charge in [0, 0.05) is 17.1 Å². The first kappa shape index (κ1) is 9.85. The van der Waals surface area contributed by atoms with Crippen LogP contribution in [0, 0.1) is 0 Å². The third-order valence-electron chi connectivity index (χ3n) is 2.80. The molecule has 0 saturated carbocycles. The molecule has 1 heterocycles. The van der Waals surface area contributed by atoms with Crippen LogP contribution in [-0.4, -0.2) is 10.1 Å². The maximum Gasteiger partial charge on any atom is 0.116 e. The molecular formula is C15H11NO. The summed E-state index contributed by atoms with van der Waals surface area (Å²) in [5.74, 6) is 0.266. The van der Waals surface area contributed by atoms with Crippen molar-refractivity contribution in [1.29, 1.82) is 0 Å². The zero-order chi connectivity index (χ0) is 11.7. The third-order valence-corrected chi connectivity index (χ3v) is 2.80. The molecule has 0 atom stereocenters. The van der Waals surface area contributed by atoms with E-state index in [4.69, 9.17) is 0 Å². The molecule has 0 bridgehead atoms. The Kier molecular flexibility index (Phi) is 2.26. The van der Waals surface area contributed by atoms with Gasteiger partial charge in [0.1, 0.15) is 5.75 Å². The molecule has 0 saturated heterocycles. The molecule has 3 aromatic rings. The lowest BCUT2D eigenvalue weighted by atomic mass is 10.0. The van der Waals surface area contributed by atoms with Crippen molar-refractivity contribution in [3.05, 3.63) is 60.8 Å². The van der Waals surface area contributed by atoms with Crippen LogP contribution in [0.25, 0.3) is 22.0 Å². The SMILES string of the molecule is Oc1ccc2ccnc(-c3ccccc3)c2c1. The van der Waals surface area contributed by atoms with Gasteiger partial charge in [0.25, 0.3) is 0 Å². The van der Waals surface area contributed by atoms with E-state index in [1.165, 1.54) is 0 Å². The number of hydrogen-bond acceptors (Lipinski definition) is 2. The number of hydrogen-bond donors (Lipinski definition) is 1. The molecule has 0 amide bonds. The predicted octanol–water partition coefficient (Wildman–Crippen LogP) is 3.61. The Balaban J connectivity index is 2.33. The van der Waals surface area contributed by atoms with Gasteiger partial charge in [-0.1, -0.05) is 36.4 Å². The van der Waals surface area contributed by atoms with Gasteiger partial charge in [-0.2, -0.15) is 0 Å². The van der Waals surface area contributed by atoms with Gasteiger partial charge in [-0.25, -0.2) is 0 Å². The van der Waals surface area contributed by atoms with Crippen LogP contribution in [0.5, 0.6) is 5.75 Å². The number of phenolic OH excluding ortho intramolecular Hbond substituents is 1. The Morgan fingerprint density at radius 1 is 0.882 bits per heavy atom. The van der Waals surface area contributed by atoms with Crippen molar-refractivity contribution in [2.75, 3.05) is 0 Å². The van der Waals surface area contributed by atoms with Gasteiger partial charge in [0.05, 0.1) is 5.69 Å². The fourth-order valence-electron chi connectivity index (χ4n) is 1.98. The molecule has 2 aromatic carbocycles. The highest BCUT2D eigenvalue weighted by Crippen LogP contribution is 2.28. The minimum atomic E-state index is 0.266. The van der Waals surface area contributed by atoms with Crippen molar-refractivity contribution in [3.8, 4) is 17.0 Å². The van der Waals surface area contributed by atoms with Crippen molar-refractivity contribution in [2.45, 2.75) is 0 Å². The lowest BCUT2D eigenvalue weighted by molar-refractivity contribution is 0.476. The Hall–Kier alpha value is -2.35. The fourth-order valence-corrected chi connectivity index (χ4v) is 1.98. The second-order valence-corrected chi connectivity index (χ2v) is 3.93. The molecule has 0 unspecified atom stereocenters. The van der Waals surface area contributed by atoms with Crippen molar-refractivity contribution in [1.82, 2.24) is 4.98 Å². The molecule has 2 heteroatoms. The number of phenols is 1. The van der Waals surface area contributed by atoms with E-state index < -0.39 is 0 Å². The summed E-state index contributed by atoms with van der Waals surface area (Å²) in [7, 11) is 0. The Labute approximate surface area is 99.2 Å². The number of pyridine rings is 1. The molecule has 82 valence electrons. The molecule has 1 N–H and O–H groups in total. The minimum absolute atomic E-state index is 0.266. The van der Waals surface area contributed by atoms with E-state index in [0.717, 1.165) is 22.0 Å². The molecule has 1 aromatic heterocycles. The molecule has 0 spiro atoms. The monoisotopic (exact) mass is 221 g/mol. The van der Waals surface area contributed by atoms with Crippen LogP contribution in [0.1, 0.15) is 0 Å². The summed E-state index contributed by atoms with van der Waals surface area (Å²) in [5, 5.41) is 11.6. The summed E-state index contributed by atoms with van der Waals surface area (Å²) in [6, 6.07) is 17.3. The van der Waals surface area contributed by atoms with Crippen LogP contribution in [0.2, 0.25) is 0 Å². The van der Waals surface area contributed by atoms with Gasteiger partial charge in [-0.05, 0) is 23.6 Å². The summed E-state index contributed by atoms with van der Waals surface area (Å²) in [6.07, 6.45) is 1.79. The molecule has 0 aliphatic rings. The summed E-state index contributed by atoms with van der Waals surface area (Å²) in [5.41, 5.74) is 1.96. The Morgan fingerprint density at radius 2 is 1.71 bits per heavy atom. The lowest BCUT2D eigenvalue weighted by Gasteiger charge is -2.05. The molecule has 0 aliphatic carbocycles. The first-order valence-corrected chi connectivity index (χ1v) is 5.48. The van der Waals surface area contributed by atoms with E-state index in [1.807, 2.05) is 42.5 Å². The fraction of sp³-hybridized carbons (Fsp3) is 0. The normalized spacial score (nSPS) is 10.6. The highest BCUT2D eigenvalue weighted by atomic mass is 16.3. The van der Waals surface area contributed by atoms with Gasteiger partial charge < -0.3 is 5.11 Å². The molecule has 3 rings (SSSR count). The van der Waals surface area contributed by atoms with Crippen LogP contribution in [-0.2, 0) is 0 Å². The number of fused-ring (bicyclic) bond motifs is 1. The summed E-state index contributed by atoms with van der Waals surface area (Å²) in [4.78, 5) is 4.41. The molecule has 17 heavy (non-hydrogen) atoms. The van der Waals surface area contributed by atoms with Crippen LogP contribution < -0.4 is 0 Å². The van der Waals surface area contributed by atoms with Gasteiger partial charge in [-0.15, -0.1) is 0 Å². The van der Waals surface area contributed by atoms with Crippen molar-refractivity contribution in [3.63, 3.8) is 0 Å². The van der Waals surface area contributed by atoms with Crippen LogP contribution >= 0.6 is 0 Å². The van der Waals surface area contributed by atoms with E-state index in [1.54, 1.807) is 18.3 Å². The van der Waals surface area contributed by atoms with Gasteiger partial charge in [0.2, 0.25) is 0 Å². The molecule has 0 radical (unpaired) electrons. The van der Waals surface area contributed by atoms with Gasteiger partial charge in [-0.3, -0.25) is 4.98 Å². The van der Waals surface area contributed by atoms with Crippen LogP contribution in [0.4, 0.5) is 0 Å². The highest BCUT2D eigenvalue weighted by molar-refractivity contribution is 5.95. The van der Waals surface area contributed by atoms with E-state index in [0.29, 0.717) is 0 Å². The summed E-state index contributed by atoms with van der Waals surface area (Å²) < 4.78 is 0. The Bertz CT molecular complexity index is 662. The number of nitrogens with zero attached hydrogens (tertiary/aromatic N) is 1. The van der Waals surface area contributed by atoms with Gasteiger partial charge in [0.15, 0.2) is 0 Å². The standard InChI is InChI=1S/C15H11NO/c17-13-7-6-11-8-9-16-15(14(11)10-13)12-4-2-1-3-5-12/h1-10,17H.